The summed E-state index contributed by atoms with van der Waals surface area (Å²) in [6.45, 7) is 0. The molecule has 0 aliphatic carbocycles. The molecule has 2 rings (SSSR count). The van der Waals surface area contributed by atoms with Crippen molar-refractivity contribution in [2.45, 2.75) is 6.18 Å². The van der Waals surface area contributed by atoms with E-state index in [0.29, 0.717) is 6.07 Å². The zero-order chi connectivity index (χ0) is 11.1. The molecule has 0 atom stereocenters. The Kier molecular flexibility index (Phi) is 2.03. The Bertz CT molecular complexity index is 507. The Labute approximate surface area is 83.0 Å². The number of hydrogen-bond acceptors (Lipinski definition) is 2. The molecular weight excluding hydrogens is 207 g/mol. The van der Waals surface area contributed by atoms with Crippen LogP contribution in [0, 0.1) is 0 Å². The maximum atomic E-state index is 12.4. The highest BCUT2D eigenvalue weighted by molar-refractivity contribution is 5.84. The predicted molar refractivity (Wildman–Crippen MR) is 48.4 cm³/mol. The van der Waals surface area contributed by atoms with Gasteiger partial charge in [0, 0.05) is 11.6 Å². The molecule has 0 bridgehead atoms. The van der Waals surface area contributed by atoms with Gasteiger partial charge in [0.1, 0.15) is 11.3 Å². The van der Waals surface area contributed by atoms with Gasteiger partial charge in [-0.15, -0.1) is 0 Å². The minimum atomic E-state index is -4.46. The standard InChI is InChI=1S/C10H6F3NO/c11-10(12,13)7-4-6-2-1-3-14-9(6)8(15)5-7/h1-5,15H. The number of phenolic OH excluding ortho intramolecular Hbond substituents is 1. The van der Waals surface area contributed by atoms with Gasteiger partial charge in [0.15, 0.2) is 0 Å². The molecule has 0 amide bonds. The summed E-state index contributed by atoms with van der Waals surface area (Å²) in [7, 11) is 0. The first kappa shape index (κ1) is 9.76. The number of nitrogens with zero attached hydrogens (tertiary/aromatic N) is 1. The fourth-order valence-corrected chi connectivity index (χ4v) is 1.34. The van der Waals surface area contributed by atoms with E-state index in [1.54, 1.807) is 0 Å². The molecule has 1 aromatic heterocycles. The van der Waals surface area contributed by atoms with Crippen molar-refractivity contribution in [3.05, 3.63) is 36.0 Å². The van der Waals surface area contributed by atoms with Crippen molar-refractivity contribution >= 4 is 10.9 Å². The third kappa shape index (κ3) is 1.72. The van der Waals surface area contributed by atoms with E-state index in [-0.39, 0.29) is 10.9 Å². The molecule has 0 radical (unpaired) electrons. The van der Waals surface area contributed by atoms with Crippen LogP contribution in [0.5, 0.6) is 5.75 Å². The summed E-state index contributed by atoms with van der Waals surface area (Å²) in [4.78, 5) is 3.79. The van der Waals surface area contributed by atoms with Gasteiger partial charge in [-0.05, 0) is 18.2 Å². The molecule has 0 aliphatic heterocycles. The minimum Gasteiger partial charge on any atom is -0.506 e. The van der Waals surface area contributed by atoms with Gasteiger partial charge in [0.2, 0.25) is 0 Å². The zero-order valence-electron chi connectivity index (χ0n) is 7.42. The summed E-state index contributed by atoms with van der Waals surface area (Å²) >= 11 is 0. The molecule has 5 heteroatoms. The molecule has 0 fully saturated rings. The van der Waals surface area contributed by atoms with Crippen molar-refractivity contribution in [2.24, 2.45) is 0 Å². The van der Waals surface area contributed by atoms with E-state index in [0.717, 1.165) is 6.07 Å². The van der Waals surface area contributed by atoms with E-state index in [2.05, 4.69) is 4.98 Å². The van der Waals surface area contributed by atoms with Crippen LogP contribution in [0.3, 0.4) is 0 Å². The molecule has 0 saturated carbocycles. The zero-order valence-corrected chi connectivity index (χ0v) is 7.42. The average molecular weight is 213 g/mol. The summed E-state index contributed by atoms with van der Waals surface area (Å²) in [6.07, 6.45) is -3.04. The number of aromatic hydroxyl groups is 1. The van der Waals surface area contributed by atoms with Crippen LogP contribution in [0.2, 0.25) is 0 Å². The molecule has 15 heavy (non-hydrogen) atoms. The van der Waals surface area contributed by atoms with Crippen molar-refractivity contribution in [3.8, 4) is 5.75 Å². The lowest BCUT2D eigenvalue weighted by Crippen LogP contribution is -2.04. The fraction of sp³-hybridized carbons (Fsp3) is 0.100. The van der Waals surface area contributed by atoms with E-state index >= 15 is 0 Å². The van der Waals surface area contributed by atoms with Crippen LogP contribution in [0.25, 0.3) is 10.9 Å². The number of hydrogen-bond donors (Lipinski definition) is 1. The molecule has 78 valence electrons. The van der Waals surface area contributed by atoms with E-state index in [9.17, 15) is 18.3 Å². The van der Waals surface area contributed by atoms with Crippen LogP contribution in [0.1, 0.15) is 5.56 Å². The van der Waals surface area contributed by atoms with E-state index in [4.69, 9.17) is 0 Å². The van der Waals surface area contributed by atoms with Crippen LogP contribution >= 0.6 is 0 Å². The quantitative estimate of drug-likeness (QED) is 0.729. The topological polar surface area (TPSA) is 33.1 Å². The Morgan fingerprint density at radius 1 is 1.20 bits per heavy atom. The van der Waals surface area contributed by atoms with Crippen LogP contribution < -0.4 is 0 Å². The number of pyridine rings is 1. The first-order chi connectivity index (χ1) is 6.98. The van der Waals surface area contributed by atoms with Crippen molar-refractivity contribution in [1.82, 2.24) is 4.98 Å². The summed E-state index contributed by atoms with van der Waals surface area (Å²) in [6, 6.07) is 4.62. The second-order valence-electron chi connectivity index (χ2n) is 3.07. The second-order valence-corrected chi connectivity index (χ2v) is 3.07. The second kappa shape index (κ2) is 3.12. The maximum absolute atomic E-state index is 12.4. The molecule has 1 N–H and O–H groups in total. The number of aromatic nitrogens is 1. The molecule has 1 aromatic carbocycles. The molecule has 2 aromatic rings. The Morgan fingerprint density at radius 2 is 1.93 bits per heavy atom. The third-order valence-corrected chi connectivity index (χ3v) is 2.01. The monoisotopic (exact) mass is 213 g/mol. The minimum absolute atomic E-state index is 0.172. The highest BCUT2D eigenvalue weighted by atomic mass is 19.4. The molecule has 1 heterocycles. The van der Waals surface area contributed by atoms with Crippen LogP contribution in [0.4, 0.5) is 13.2 Å². The van der Waals surface area contributed by atoms with E-state index < -0.39 is 17.5 Å². The average Bonchev–Trinajstić information content (AvgIpc) is 2.16. The van der Waals surface area contributed by atoms with Gasteiger partial charge >= 0.3 is 6.18 Å². The van der Waals surface area contributed by atoms with Gasteiger partial charge in [0.05, 0.1) is 5.56 Å². The van der Waals surface area contributed by atoms with Crippen LogP contribution in [-0.2, 0) is 6.18 Å². The van der Waals surface area contributed by atoms with Crippen molar-refractivity contribution in [3.63, 3.8) is 0 Å². The number of phenols is 1. The number of halogens is 3. The third-order valence-electron chi connectivity index (χ3n) is 2.01. The van der Waals surface area contributed by atoms with Gasteiger partial charge in [-0.25, -0.2) is 0 Å². The molecule has 0 unspecified atom stereocenters. The molecule has 0 spiro atoms. The lowest BCUT2D eigenvalue weighted by Gasteiger charge is -2.08. The van der Waals surface area contributed by atoms with Crippen LogP contribution in [-0.4, -0.2) is 10.1 Å². The van der Waals surface area contributed by atoms with E-state index in [1.165, 1.54) is 18.3 Å². The van der Waals surface area contributed by atoms with Gasteiger partial charge in [-0.1, -0.05) is 6.07 Å². The summed E-state index contributed by atoms with van der Waals surface area (Å²) in [5, 5.41) is 9.62. The predicted octanol–water partition coefficient (Wildman–Crippen LogP) is 2.96. The van der Waals surface area contributed by atoms with Gasteiger partial charge in [-0.2, -0.15) is 13.2 Å². The lowest BCUT2D eigenvalue weighted by atomic mass is 10.1. The smallest absolute Gasteiger partial charge is 0.416 e. The van der Waals surface area contributed by atoms with Crippen molar-refractivity contribution < 1.29 is 18.3 Å². The van der Waals surface area contributed by atoms with Gasteiger partial charge in [0.25, 0.3) is 0 Å². The summed E-state index contributed by atoms with van der Waals surface area (Å²) in [5.74, 6) is -0.458. The number of benzene rings is 1. The normalized spacial score (nSPS) is 11.9. The first-order valence-corrected chi connectivity index (χ1v) is 4.13. The number of alkyl halides is 3. The Morgan fingerprint density at radius 3 is 2.60 bits per heavy atom. The van der Waals surface area contributed by atoms with Crippen molar-refractivity contribution in [1.29, 1.82) is 0 Å². The highest BCUT2D eigenvalue weighted by Gasteiger charge is 2.31. The SMILES string of the molecule is Oc1cc(C(F)(F)F)cc2cccnc12. The Hall–Kier alpha value is -1.78. The maximum Gasteiger partial charge on any atom is 0.416 e. The highest BCUT2D eigenvalue weighted by Crippen LogP contribution is 2.34. The first-order valence-electron chi connectivity index (χ1n) is 4.13. The molecule has 0 saturated heterocycles. The summed E-state index contributed by atoms with van der Waals surface area (Å²) < 4.78 is 37.1. The molecule has 0 aliphatic rings. The van der Waals surface area contributed by atoms with Gasteiger partial charge < -0.3 is 5.11 Å². The number of fused-ring (bicyclic) bond motifs is 1. The molecular formula is C10H6F3NO. The fourth-order valence-electron chi connectivity index (χ4n) is 1.34. The largest absolute Gasteiger partial charge is 0.506 e. The van der Waals surface area contributed by atoms with E-state index in [1.807, 2.05) is 0 Å². The lowest BCUT2D eigenvalue weighted by molar-refractivity contribution is -0.137. The number of rotatable bonds is 0. The summed E-state index contributed by atoms with van der Waals surface area (Å²) in [5.41, 5.74) is -0.703. The van der Waals surface area contributed by atoms with Crippen LogP contribution in [0.15, 0.2) is 30.5 Å². The Balaban J connectivity index is 2.73. The molecule has 2 nitrogen and oxygen atoms in total. The van der Waals surface area contributed by atoms with Crippen molar-refractivity contribution in [2.75, 3.05) is 0 Å². The van der Waals surface area contributed by atoms with Gasteiger partial charge in [-0.3, -0.25) is 4.98 Å².